The van der Waals surface area contributed by atoms with E-state index in [1.54, 1.807) is 0 Å². The molecule has 1 heterocycles. The summed E-state index contributed by atoms with van der Waals surface area (Å²) >= 11 is 0. The van der Waals surface area contributed by atoms with Crippen molar-refractivity contribution in [2.75, 3.05) is 6.61 Å². The Labute approximate surface area is 148 Å². The van der Waals surface area contributed by atoms with Crippen molar-refractivity contribution in [2.45, 2.75) is 45.6 Å². The van der Waals surface area contributed by atoms with E-state index >= 15 is 0 Å². The van der Waals surface area contributed by atoms with Crippen LogP contribution < -0.4 is 5.56 Å². The van der Waals surface area contributed by atoms with Crippen molar-refractivity contribution in [2.24, 2.45) is 5.92 Å². The van der Waals surface area contributed by atoms with Crippen molar-refractivity contribution >= 4 is 0 Å². The summed E-state index contributed by atoms with van der Waals surface area (Å²) in [6.07, 6.45) is 6.61. The molecule has 4 heteroatoms. The molecular weight excluding hydrogens is 312 g/mol. The molecule has 0 spiro atoms. The minimum Gasteiger partial charge on any atom is -0.376 e. The molecule has 0 aliphatic heterocycles. The molecular formula is C21H24N2O2. The summed E-state index contributed by atoms with van der Waals surface area (Å²) < 4.78 is 5.88. The Morgan fingerprint density at radius 3 is 2.60 bits per heavy atom. The van der Waals surface area contributed by atoms with Crippen molar-refractivity contribution in [1.82, 2.24) is 4.98 Å². The largest absolute Gasteiger partial charge is 0.376 e. The van der Waals surface area contributed by atoms with E-state index in [-0.39, 0.29) is 11.1 Å². The van der Waals surface area contributed by atoms with E-state index in [0.717, 1.165) is 23.4 Å². The highest BCUT2D eigenvalue weighted by molar-refractivity contribution is 5.70. The number of nitrogens with one attached hydrogen (secondary N) is 1. The third kappa shape index (κ3) is 4.37. The summed E-state index contributed by atoms with van der Waals surface area (Å²) in [5, 5.41) is 9.26. The molecule has 1 aliphatic carbocycles. The van der Waals surface area contributed by atoms with E-state index in [2.05, 4.69) is 4.98 Å². The molecule has 0 unspecified atom stereocenters. The maximum absolute atomic E-state index is 11.9. The average Bonchev–Trinajstić information content (AvgIpc) is 2.63. The zero-order chi connectivity index (χ0) is 17.6. The second kappa shape index (κ2) is 8.13. The Morgan fingerprint density at radius 2 is 1.92 bits per heavy atom. The number of aryl methyl sites for hydroxylation is 1. The fourth-order valence-electron chi connectivity index (χ4n) is 3.51. The Kier molecular flexibility index (Phi) is 5.67. The number of rotatable bonds is 5. The van der Waals surface area contributed by atoms with Crippen LogP contribution in [0.4, 0.5) is 0 Å². The summed E-state index contributed by atoms with van der Waals surface area (Å²) in [6, 6.07) is 11.8. The summed E-state index contributed by atoms with van der Waals surface area (Å²) in [7, 11) is 0. The summed E-state index contributed by atoms with van der Waals surface area (Å²) in [5.74, 6) is 0.713. The lowest BCUT2D eigenvalue weighted by molar-refractivity contribution is 0.0739. The molecule has 0 radical (unpaired) electrons. The first-order valence-corrected chi connectivity index (χ1v) is 8.98. The minimum absolute atomic E-state index is 0.159. The summed E-state index contributed by atoms with van der Waals surface area (Å²) in [6.45, 7) is 3.27. The topological polar surface area (TPSA) is 65.9 Å². The number of H-pyrrole nitrogens is 1. The van der Waals surface area contributed by atoms with E-state index in [0.29, 0.717) is 18.1 Å². The maximum atomic E-state index is 11.9. The molecule has 1 aromatic carbocycles. The first kappa shape index (κ1) is 17.4. The number of ether oxygens (including phenoxy) is 1. The molecule has 3 rings (SSSR count). The van der Waals surface area contributed by atoms with E-state index in [1.165, 1.54) is 32.1 Å². The van der Waals surface area contributed by atoms with Crippen LogP contribution >= 0.6 is 0 Å². The van der Waals surface area contributed by atoms with Crippen molar-refractivity contribution < 1.29 is 4.74 Å². The lowest BCUT2D eigenvalue weighted by atomic mass is 9.90. The zero-order valence-corrected chi connectivity index (χ0v) is 14.7. The number of hydrogen-bond acceptors (Lipinski definition) is 3. The highest BCUT2D eigenvalue weighted by Crippen LogP contribution is 2.25. The summed E-state index contributed by atoms with van der Waals surface area (Å²) in [4.78, 5) is 14.6. The smallest absolute Gasteiger partial charge is 0.266 e. The third-order valence-electron chi connectivity index (χ3n) is 4.89. The van der Waals surface area contributed by atoms with Crippen LogP contribution in [0.5, 0.6) is 0 Å². The molecule has 1 N–H and O–H groups in total. The van der Waals surface area contributed by atoms with Gasteiger partial charge in [-0.25, -0.2) is 0 Å². The molecule has 0 amide bonds. The fourth-order valence-corrected chi connectivity index (χ4v) is 3.51. The fraction of sp³-hybridized carbons (Fsp3) is 0.429. The Bertz CT molecular complexity index is 809. The van der Waals surface area contributed by atoms with Gasteiger partial charge in [0.25, 0.3) is 5.56 Å². The molecule has 0 atom stereocenters. The second-order valence-corrected chi connectivity index (χ2v) is 6.90. The van der Waals surface area contributed by atoms with Gasteiger partial charge in [-0.2, -0.15) is 5.26 Å². The highest BCUT2D eigenvalue weighted by atomic mass is 16.5. The van der Waals surface area contributed by atoms with E-state index in [1.807, 2.05) is 43.3 Å². The number of nitriles is 1. The molecule has 1 fully saturated rings. The lowest BCUT2D eigenvalue weighted by Gasteiger charge is -2.21. The van der Waals surface area contributed by atoms with Crippen molar-refractivity contribution in [1.29, 1.82) is 5.26 Å². The molecule has 0 bridgehead atoms. The lowest BCUT2D eigenvalue weighted by Crippen LogP contribution is -2.13. The Balaban J connectivity index is 1.66. The SMILES string of the molecule is Cc1cc(-c2ccc(COCC3CCCCC3)cc2)c(C#N)c(=O)[nH]1. The van der Waals surface area contributed by atoms with Gasteiger partial charge in [-0.1, -0.05) is 43.5 Å². The Hall–Kier alpha value is -2.38. The van der Waals surface area contributed by atoms with Gasteiger partial charge in [0, 0.05) is 17.9 Å². The number of hydrogen-bond donors (Lipinski definition) is 1. The molecule has 1 aromatic heterocycles. The van der Waals surface area contributed by atoms with E-state index in [4.69, 9.17) is 4.74 Å². The number of aromatic nitrogens is 1. The normalized spacial score (nSPS) is 15.0. The zero-order valence-electron chi connectivity index (χ0n) is 14.7. The van der Waals surface area contributed by atoms with Crippen molar-refractivity contribution in [3.05, 3.63) is 57.5 Å². The molecule has 1 aliphatic rings. The summed E-state index contributed by atoms with van der Waals surface area (Å²) in [5.41, 5.74) is 3.24. The van der Waals surface area contributed by atoms with Gasteiger partial charge >= 0.3 is 0 Å². The molecule has 0 saturated heterocycles. The molecule has 4 nitrogen and oxygen atoms in total. The van der Waals surface area contributed by atoms with Crippen LogP contribution in [0.2, 0.25) is 0 Å². The molecule has 1 saturated carbocycles. The van der Waals surface area contributed by atoms with Gasteiger partial charge in [0.05, 0.1) is 6.61 Å². The van der Waals surface area contributed by atoms with Crippen molar-refractivity contribution in [3.63, 3.8) is 0 Å². The van der Waals surface area contributed by atoms with Gasteiger partial charge < -0.3 is 9.72 Å². The minimum atomic E-state index is -0.336. The quantitative estimate of drug-likeness (QED) is 0.884. The first-order chi connectivity index (χ1) is 12.2. The third-order valence-corrected chi connectivity index (χ3v) is 4.89. The van der Waals surface area contributed by atoms with Crippen LogP contribution in [0.15, 0.2) is 35.1 Å². The highest BCUT2D eigenvalue weighted by Gasteiger charge is 2.13. The van der Waals surface area contributed by atoms with Gasteiger partial charge in [0.2, 0.25) is 0 Å². The molecule has 130 valence electrons. The van der Waals surface area contributed by atoms with Crippen LogP contribution in [-0.4, -0.2) is 11.6 Å². The number of nitrogens with zero attached hydrogens (tertiary/aromatic N) is 1. The molecule has 2 aromatic rings. The van der Waals surface area contributed by atoms with Crippen LogP contribution in [0.3, 0.4) is 0 Å². The molecule has 25 heavy (non-hydrogen) atoms. The van der Waals surface area contributed by atoms with E-state index < -0.39 is 0 Å². The van der Waals surface area contributed by atoms with Crippen LogP contribution in [0.1, 0.15) is 48.9 Å². The van der Waals surface area contributed by atoms with Gasteiger partial charge in [0.15, 0.2) is 0 Å². The Morgan fingerprint density at radius 1 is 1.20 bits per heavy atom. The van der Waals surface area contributed by atoms with Gasteiger partial charge in [-0.3, -0.25) is 4.79 Å². The number of aromatic amines is 1. The predicted molar refractivity (Wildman–Crippen MR) is 98.2 cm³/mol. The number of pyridine rings is 1. The van der Waals surface area contributed by atoms with Gasteiger partial charge in [-0.05, 0) is 42.9 Å². The maximum Gasteiger partial charge on any atom is 0.266 e. The van der Waals surface area contributed by atoms with Crippen LogP contribution in [-0.2, 0) is 11.3 Å². The van der Waals surface area contributed by atoms with E-state index in [9.17, 15) is 10.1 Å². The average molecular weight is 336 g/mol. The van der Waals surface area contributed by atoms with Gasteiger partial charge in [-0.15, -0.1) is 0 Å². The van der Waals surface area contributed by atoms with Gasteiger partial charge in [0.1, 0.15) is 11.6 Å². The van der Waals surface area contributed by atoms with Crippen molar-refractivity contribution in [3.8, 4) is 17.2 Å². The predicted octanol–water partition coefficient (Wildman–Crippen LogP) is 4.32. The van der Waals surface area contributed by atoms with Crippen LogP contribution in [0, 0.1) is 24.2 Å². The number of benzene rings is 1. The first-order valence-electron chi connectivity index (χ1n) is 8.98. The van der Waals surface area contributed by atoms with Crippen LogP contribution in [0.25, 0.3) is 11.1 Å². The standard InChI is InChI=1S/C21H24N2O2/c1-15-11-19(20(12-22)21(24)23-15)18-9-7-17(8-10-18)14-25-13-16-5-3-2-4-6-16/h7-11,16H,2-6,13-14H2,1H3,(H,23,24). The monoisotopic (exact) mass is 336 g/mol. The second-order valence-electron chi connectivity index (χ2n) is 6.90.